The summed E-state index contributed by atoms with van der Waals surface area (Å²) in [5, 5.41) is 6.73. The van der Waals surface area contributed by atoms with Gasteiger partial charge < -0.3 is 5.32 Å². The van der Waals surface area contributed by atoms with E-state index in [1.807, 2.05) is 17.5 Å². The average molecular weight is 478 g/mol. The molecule has 1 N–H and O–H groups in total. The molecule has 0 spiro atoms. The molecule has 1 amide bonds. The summed E-state index contributed by atoms with van der Waals surface area (Å²) in [5.41, 5.74) is 2.29. The zero-order chi connectivity index (χ0) is 19.4. The van der Waals surface area contributed by atoms with Crippen molar-refractivity contribution in [2.45, 2.75) is 16.5 Å². The number of rotatable bonds is 6. The van der Waals surface area contributed by atoms with Crippen LogP contribution in [0.25, 0.3) is 0 Å². The van der Waals surface area contributed by atoms with E-state index in [0.717, 1.165) is 9.90 Å². The highest BCUT2D eigenvalue weighted by Gasteiger charge is 2.10. The summed E-state index contributed by atoms with van der Waals surface area (Å²) in [6.45, 7) is 0. The number of nitrogens with zero attached hydrogens (tertiary/aromatic N) is 1. The van der Waals surface area contributed by atoms with Crippen molar-refractivity contribution in [3.05, 3.63) is 73.1 Å². The second-order valence-electron chi connectivity index (χ2n) is 5.48. The fraction of sp³-hybridized carbons (Fsp3) is 0.111. The van der Waals surface area contributed by atoms with E-state index in [2.05, 4.69) is 10.3 Å². The maximum Gasteiger partial charge on any atom is 0.230 e. The van der Waals surface area contributed by atoms with Crippen LogP contribution in [0.5, 0.6) is 0 Å². The molecule has 9 heteroatoms. The Bertz CT molecular complexity index is 978. The zero-order valence-corrected chi connectivity index (χ0v) is 18.3. The first-order valence-corrected chi connectivity index (χ1v) is 11.0. The molecule has 0 saturated carbocycles. The van der Waals surface area contributed by atoms with E-state index in [4.69, 9.17) is 46.4 Å². The van der Waals surface area contributed by atoms with Crippen molar-refractivity contribution in [2.75, 3.05) is 5.32 Å². The van der Waals surface area contributed by atoms with Gasteiger partial charge in [0.25, 0.3) is 0 Å². The van der Waals surface area contributed by atoms with Crippen molar-refractivity contribution >= 4 is 81.1 Å². The quantitative estimate of drug-likeness (QED) is 0.380. The molecular formula is C18H12Cl4N2OS2. The number of aromatic nitrogens is 1. The molecule has 3 rings (SSSR count). The molecule has 0 saturated heterocycles. The Morgan fingerprint density at radius 1 is 1.04 bits per heavy atom. The van der Waals surface area contributed by atoms with Crippen LogP contribution in [0.4, 0.5) is 5.69 Å². The summed E-state index contributed by atoms with van der Waals surface area (Å²) in [4.78, 5) is 16.7. The number of amides is 1. The lowest BCUT2D eigenvalue weighted by molar-refractivity contribution is -0.115. The second-order valence-corrected chi connectivity index (χ2v) is 9.22. The number of carbonyl (C=O) groups is 1. The molecule has 3 aromatic rings. The molecule has 0 aliphatic heterocycles. The van der Waals surface area contributed by atoms with Gasteiger partial charge in [0, 0.05) is 26.9 Å². The summed E-state index contributed by atoms with van der Waals surface area (Å²) < 4.78 is 0.873. The van der Waals surface area contributed by atoms with Crippen LogP contribution in [0.1, 0.15) is 11.3 Å². The van der Waals surface area contributed by atoms with Crippen LogP contribution in [0.2, 0.25) is 20.1 Å². The van der Waals surface area contributed by atoms with E-state index in [-0.39, 0.29) is 12.3 Å². The molecule has 0 fully saturated rings. The Morgan fingerprint density at radius 2 is 1.85 bits per heavy atom. The maximum atomic E-state index is 12.2. The molecule has 1 aromatic heterocycles. The third-order valence-corrected chi connectivity index (χ3v) is 6.89. The van der Waals surface area contributed by atoms with Crippen molar-refractivity contribution in [3.63, 3.8) is 0 Å². The van der Waals surface area contributed by atoms with E-state index in [9.17, 15) is 4.79 Å². The molecule has 1 heterocycles. The summed E-state index contributed by atoms with van der Waals surface area (Å²) in [6.07, 6.45) is 0.180. The summed E-state index contributed by atoms with van der Waals surface area (Å²) in [5.74, 6) is 0.509. The number of carbonyl (C=O) groups excluding carboxylic acids is 1. The van der Waals surface area contributed by atoms with Crippen LogP contribution in [0.3, 0.4) is 0 Å². The van der Waals surface area contributed by atoms with Gasteiger partial charge in [-0.05, 0) is 35.9 Å². The van der Waals surface area contributed by atoms with Gasteiger partial charge in [-0.25, -0.2) is 4.98 Å². The molecule has 3 nitrogen and oxygen atoms in total. The smallest absolute Gasteiger partial charge is 0.230 e. The van der Waals surface area contributed by atoms with E-state index >= 15 is 0 Å². The number of benzene rings is 2. The minimum atomic E-state index is -0.170. The lowest BCUT2D eigenvalue weighted by Crippen LogP contribution is -2.14. The Kier molecular flexibility index (Phi) is 7.31. The van der Waals surface area contributed by atoms with Crippen molar-refractivity contribution < 1.29 is 4.79 Å². The number of nitrogens with one attached hydrogen (secondary N) is 1. The molecule has 0 aliphatic rings. The molecule has 0 aliphatic carbocycles. The number of hydrogen-bond acceptors (Lipinski definition) is 4. The number of halogens is 4. The number of thioether (sulfide) groups is 1. The Labute approximate surface area is 185 Å². The fourth-order valence-corrected chi connectivity index (χ4v) is 4.86. The van der Waals surface area contributed by atoms with E-state index in [1.165, 1.54) is 11.3 Å². The van der Waals surface area contributed by atoms with Crippen molar-refractivity contribution in [3.8, 4) is 0 Å². The predicted octanol–water partition coefficient (Wildman–Crippen LogP) is 7.23. The monoisotopic (exact) mass is 476 g/mol. The largest absolute Gasteiger partial charge is 0.326 e. The van der Waals surface area contributed by atoms with Gasteiger partial charge in [-0.1, -0.05) is 64.2 Å². The maximum absolute atomic E-state index is 12.2. The number of hydrogen-bond donors (Lipinski definition) is 1. The highest BCUT2D eigenvalue weighted by molar-refractivity contribution is 8.00. The molecule has 140 valence electrons. The van der Waals surface area contributed by atoms with E-state index in [1.54, 1.807) is 36.0 Å². The van der Waals surface area contributed by atoms with Crippen molar-refractivity contribution in [1.29, 1.82) is 0 Å². The first-order valence-electron chi connectivity index (χ1n) is 7.67. The average Bonchev–Trinajstić information content (AvgIpc) is 3.04. The van der Waals surface area contributed by atoms with Gasteiger partial charge in [0.05, 0.1) is 22.2 Å². The molecular weight excluding hydrogens is 466 g/mol. The highest BCUT2D eigenvalue weighted by Crippen LogP contribution is 2.30. The zero-order valence-electron chi connectivity index (χ0n) is 13.6. The summed E-state index contributed by atoms with van der Waals surface area (Å²) in [7, 11) is 0. The Hall–Kier alpha value is -0.950. The third kappa shape index (κ3) is 6.01. The molecule has 0 radical (unpaired) electrons. The fourth-order valence-electron chi connectivity index (χ4n) is 2.16. The Balaban J connectivity index is 1.55. The van der Waals surface area contributed by atoms with Crippen LogP contribution in [-0.4, -0.2) is 10.9 Å². The van der Waals surface area contributed by atoms with Crippen LogP contribution < -0.4 is 5.32 Å². The molecule has 27 heavy (non-hydrogen) atoms. The topological polar surface area (TPSA) is 42.0 Å². The van der Waals surface area contributed by atoms with Crippen LogP contribution in [0, 0.1) is 0 Å². The standard InChI is InChI=1S/C18H12Cl4N2OS2/c19-11-2-1-10(15(21)5-11)8-26-18-24-13(9-27-18)7-17(25)23-12-3-4-14(20)16(22)6-12/h1-6,9H,7-8H2,(H,23,25). The minimum Gasteiger partial charge on any atom is -0.326 e. The van der Waals surface area contributed by atoms with Gasteiger partial charge in [-0.15, -0.1) is 11.3 Å². The lowest BCUT2D eigenvalue weighted by atomic mass is 10.2. The van der Waals surface area contributed by atoms with E-state index < -0.39 is 0 Å². The van der Waals surface area contributed by atoms with Gasteiger partial charge in [0.1, 0.15) is 4.34 Å². The number of anilines is 1. The molecule has 0 unspecified atom stereocenters. The lowest BCUT2D eigenvalue weighted by Gasteiger charge is -2.05. The first kappa shape index (κ1) is 20.8. The highest BCUT2D eigenvalue weighted by atomic mass is 35.5. The van der Waals surface area contributed by atoms with Crippen LogP contribution >= 0.6 is 69.5 Å². The molecule has 2 aromatic carbocycles. The SMILES string of the molecule is O=C(Cc1csc(SCc2ccc(Cl)cc2Cl)n1)Nc1ccc(Cl)c(Cl)c1. The predicted molar refractivity (Wildman–Crippen MR) is 117 cm³/mol. The summed E-state index contributed by atoms with van der Waals surface area (Å²) in [6, 6.07) is 10.4. The van der Waals surface area contributed by atoms with E-state index in [0.29, 0.717) is 37.2 Å². The second kappa shape index (κ2) is 9.50. The first-order chi connectivity index (χ1) is 12.9. The molecule has 0 bridgehead atoms. The Morgan fingerprint density at radius 3 is 2.59 bits per heavy atom. The normalized spacial score (nSPS) is 10.8. The minimum absolute atomic E-state index is 0.170. The van der Waals surface area contributed by atoms with Crippen LogP contribution in [0.15, 0.2) is 46.1 Å². The van der Waals surface area contributed by atoms with Crippen LogP contribution in [-0.2, 0) is 17.0 Å². The van der Waals surface area contributed by atoms with Gasteiger partial charge >= 0.3 is 0 Å². The summed E-state index contributed by atoms with van der Waals surface area (Å²) >= 11 is 27.0. The van der Waals surface area contributed by atoms with Gasteiger partial charge in [0.15, 0.2) is 0 Å². The molecule has 0 atom stereocenters. The number of thiazole rings is 1. The van der Waals surface area contributed by atoms with Crippen molar-refractivity contribution in [2.24, 2.45) is 0 Å². The third-order valence-electron chi connectivity index (χ3n) is 3.44. The van der Waals surface area contributed by atoms with Gasteiger partial charge in [-0.3, -0.25) is 4.79 Å². The van der Waals surface area contributed by atoms with Crippen molar-refractivity contribution in [1.82, 2.24) is 4.98 Å². The van der Waals surface area contributed by atoms with Gasteiger partial charge in [-0.2, -0.15) is 0 Å². The van der Waals surface area contributed by atoms with Gasteiger partial charge in [0.2, 0.25) is 5.91 Å².